The molecule has 15 heavy (non-hydrogen) atoms. The van der Waals surface area contributed by atoms with Gasteiger partial charge in [0.15, 0.2) is 5.92 Å². The second kappa shape index (κ2) is 3.54. The summed E-state index contributed by atoms with van der Waals surface area (Å²) in [6.45, 7) is 0. The summed E-state index contributed by atoms with van der Waals surface area (Å²) in [4.78, 5) is 0. The minimum atomic E-state index is -5.32. The summed E-state index contributed by atoms with van der Waals surface area (Å²) in [7, 11) is 0. The van der Waals surface area contributed by atoms with E-state index in [-0.39, 0.29) is 12.8 Å². The summed E-state index contributed by atoms with van der Waals surface area (Å²) in [6, 6.07) is 0. The molecular formula is C8H11F6N. The molecule has 1 aliphatic rings. The minimum absolute atomic E-state index is 0.226. The van der Waals surface area contributed by atoms with Crippen molar-refractivity contribution in [2.75, 3.05) is 0 Å². The first-order valence-electron chi connectivity index (χ1n) is 4.50. The Balaban J connectivity index is 3.01. The van der Waals surface area contributed by atoms with Gasteiger partial charge in [-0.3, -0.25) is 0 Å². The fourth-order valence-electron chi connectivity index (χ4n) is 2.16. The Hall–Kier alpha value is -0.460. The van der Waals surface area contributed by atoms with E-state index in [0.29, 0.717) is 12.8 Å². The van der Waals surface area contributed by atoms with Gasteiger partial charge >= 0.3 is 12.4 Å². The van der Waals surface area contributed by atoms with E-state index in [0.717, 1.165) is 0 Å². The van der Waals surface area contributed by atoms with Gasteiger partial charge < -0.3 is 5.73 Å². The molecule has 7 heteroatoms. The van der Waals surface area contributed by atoms with E-state index in [1.54, 1.807) is 0 Å². The number of alkyl halides is 6. The first kappa shape index (κ1) is 12.6. The Morgan fingerprint density at radius 1 is 0.867 bits per heavy atom. The molecule has 1 nitrogen and oxygen atoms in total. The summed E-state index contributed by atoms with van der Waals surface area (Å²) >= 11 is 0. The van der Waals surface area contributed by atoms with E-state index in [2.05, 4.69) is 0 Å². The van der Waals surface area contributed by atoms with E-state index in [9.17, 15) is 26.3 Å². The summed E-state index contributed by atoms with van der Waals surface area (Å²) in [5.74, 6) is -3.40. The third-order valence-corrected chi connectivity index (χ3v) is 2.76. The second-order valence-electron chi connectivity index (χ2n) is 3.96. The van der Waals surface area contributed by atoms with Crippen molar-refractivity contribution in [3.8, 4) is 0 Å². The van der Waals surface area contributed by atoms with Gasteiger partial charge in [-0.2, -0.15) is 26.3 Å². The lowest BCUT2D eigenvalue weighted by atomic mass is 9.82. The summed E-state index contributed by atoms with van der Waals surface area (Å²) in [5, 5.41) is 0. The quantitative estimate of drug-likeness (QED) is 0.694. The number of halogens is 6. The Labute approximate surface area is 82.6 Å². The van der Waals surface area contributed by atoms with Crippen LogP contribution in [0.5, 0.6) is 0 Å². The third-order valence-electron chi connectivity index (χ3n) is 2.76. The smallest absolute Gasteiger partial charge is 0.324 e. The number of hydrogen-bond donors (Lipinski definition) is 1. The lowest BCUT2D eigenvalue weighted by Crippen LogP contribution is -2.57. The second-order valence-corrected chi connectivity index (χ2v) is 3.96. The number of nitrogens with two attached hydrogens (primary N) is 1. The Morgan fingerprint density at radius 2 is 1.20 bits per heavy atom. The molecule has 0 radical (unpaired) electrons. The first-order chi connectivity index (χ1) is 6.57. The highest BCUT2D eigenvalue weighted by Gasteiger charge is 2.65. The monoisotopic (exact) mass is 235 g/mol. The van der Waals surface area contributed by atoms with Gasteiger partial charge in [0.25, 0.3) is 0 Å². The van der Waals surface area contributed by atoms with Crippen LogP contribution in [0.4, 0.5) is 26.3 Å². The van der Waals surface area contributed by atoms with Crippen LogP contribution < -0.4 is 5.73 Å². The van der Waals surface area contributed by atoms with Crippen molar-refractivity contribution in [2.45, 2.75) is 43.6 Å². The maximum Gasteiger partial charge on any atom is 0.402 e. The highest BCUT2D eigenvalue weighted by molar-refractivity contribution is 5.01. The van der Waals surface area contributed by atoms with Crippen LogP contribution in [0.3, 0.4) is 0 Å². The zero-order valence-electron chi connectivity index (χ0n) is 7.75. The van der Waals surface area contributed by atoms with Crippen LogP contribution in [-0.2, 0) is 0 Å². The van der Waals surface area contributed by atoms with Gasteiger partial charge in [-0.05, 0) is 12.8 Å². The van der Waals surface area contributed by atoms with Crippen LogP contribution in [0.2, 0.25) is 0 Å². The van der Waals surface area contributed by atoms with Crippen molar-refractivity contribution in [2.24, 2.45) is 11.7 Å². The molecule has 1 fully saturated rings. The standard InChI is InChI=1S/C8H11F6N/c9-7(10,11)5(8(12,13)14)6(15)3-1-2-4-6/h5H,1-4,15H2. The molecule has 0 bridgehead atoms. The van der Waals surface area contributed by atoms with Gasteiger partial charge in [0.05, 0.1) is 0 Å². The molecule has 0 heterocycles. The van der Waals surface area contributed by atoms with Gasteiger partial charge in [0.1, 0.15) is 0 Å². The number of rotatable bonds is 1. The summed E-state index contributed by atoms with van der Waals surface area (Å²) in [6.07, 6.45) is -10.5. The average Bonchev–Trinajstić information content (AvgIpc) is 2.27. The molecule has 1 rings (SSSR count). The molecule has 0 atom stereocenters. The minimum Gasteiger partial charge on any atom is -0.324 e. The van der Waals surface area contributed by atoms with Gasteiger partial charge in [-0.15, -0.1) is 0 Å². The SMILES string of the molecule is NC1(C(C(F)(F)F)C(F)(F)F)CCCC1. The highest BCUT2D eigenvalue weighted by Crippen LogP contribution is 2.49. The molecule has 0 aromatic carbocycles. The fourth-order valence-corrected chi connectivity index (χ4v) is 2.16. The van der Waals surface area contributed by atoms with E-state index >= 15 is 0 Å². The molecule has 1 saturated carbocycles. The molecule has 1 aliphatic carbocycles. The van der Waals surface area contributed by atoms with Crippen molar-refractivity contribution >= 4 is 0 Å². The summed E-state index contributed by atoms with van der Waals surface area (Å²) < 4.78 is 73.9. The van der Waals surface area contributed by atoms with Crippen molar-refractivity contribution < 1.29 is 26.3 Å². The van der Waals surface area contributed by atoms with Crippen LogP contribution in [0.25, 0.3) is 0 Å². The zero-order valence-corrected chi connectivity index (χ0v) is 7.75. The predicted octanol–water partition coefficient (Wildman–Crippen LogP) is 3.00. The third kappa shape index (κ3) is 2.56. The Morgan fingerprint density at radius 3 is 1.47 bits per heavy atom. The van der Waals surface area contributed by atoms with Crippen LogP contribution in [0.1, 0.15) is 25.7 Å². The van der Waals surface area contributed by atoms with Crippen LogP contribution in [0, 0.1) is 5.92 Å². The van der Waals surface area contributed by atoms with Crippen LogP contribution in [0.15, 0.2) is 0 Å². The summed E-state index contributed by atoms with van der Waals surface area (Å²) in [5.41, 5.74) is 3.07. The topological polar surface area (TPSA) is 26.0 Å². The van der Waals surface area contributed by atoms with E-state index in [4.69, 9.17) is 5.73 Å². The Bertz CT molecular complexity index is 210. The zero-order chi connectivity index (χ0) is 11.9. The van der Waals surface area contributed by atoms with E-state index in [1.807, 2.05) is 0 Å². The van der Waals surface area contributed by atoms with Gasteiger partial charge in [0.2, 0.25) is 0 Å². The normalized spacial score (nSPS) is 22.4. The highest BCUT2D eigenvalue weighted by atomic mass is 19.4. The molecule has 0 saturated heterocycles. The van der Waals surface area contributed by atoms with Crippen molar-refractivity contribution in [1.82, 2.24) is 0 Å². The molecule has 2 N–H and O–H groups in total. The van der Waals surface area contributed by atoms with Gasteiger partial charge in [0, 0.05) is 5.54 Å². The van der Waals surface area contributed by atoms with Crippen molar-refractivity contribution in [3.63, 3.8) is 0 Å². The van der Waals surface area contributed by atoms with Crippen molar-refractivity contribution in [3.05, 3.63) is 0 Å². The van der Waals surface area contributed by atoms with E-state index < -0.39 is 23.8 Å². The van der Waals surface area contributed by atoms with E-state index in [1.165, 1.54) is 0 Å². The molecular weight excluding hydrogens is 224 g/mol. The molecule has 0 unspecified atom stereocenters. The molecule has 0 aromatic heterocycles. The maximum atomic E-state index is 12.3. The molecule has 0 spiro atoms. The average molecular weight is 235 g/mol. The lowest BCUT2D eigenvalue weighted by Gasteiger charge is -2.36. The molecule has 90 valence electrons. The van der Waals surface area contributed by atoms with Crippen LogP contribution >= 0.6 is 0 Å². The largest absolute Gasteiger partial charge is 0.402 e. The van der Waals surface area contributed by atoms with Crippen molar-refractivity contribution in [1.29, 1.82) is 0 Å². The molecule has 0 aliphatic heterocycles. The lowest BCUT2D eigenvalue weighted by molar-refractivity contribution is -0.301. The Kier molecular flexibility index (Phi) is 2.97. The van der Waals surface area contributed by atoms with Gasteiger partial charge in [-0.25, -0.2) is 0 Å². The number of hydrogen-bond acceptors (Lipinski definition) is 1. The van der Waals surface area contributed by atoms with Gasteiger partial charge in [-0.1, -0.05) is 12.8 Å². The first-order valence-corrected chi connectivity index (χ1v) is 4.50. The molecule has 0 aromatic rings. The molecule has 0 amide bonds. The maximum absolute atomic E-state index is 12.3. The van der Waals surface area contributed by atoms with Crippen LogP contribution in [-0.4, -0.2) is 17.9 Å². The predicted molar refractivity (Wildman–Crippen MR) is 41.0 cm³/mol. The fraction of sp³-hybridized carbons (Fsp3) is 1.00.